The highest BCUT2D eigenvalue weighted by Crippen LogP contribution is 1.92. The summed E-state index contributed by atoms with van der Waals surface area (Å²) in [5, 5.41) is 0. The first-order valence-electron chi connectivity index (χ1n) is 2.18. The highest BCUT2D eigenvalue weighted by Gasteiger charge is 1.77. The molecule has 0 aromatic carbocycles. The molecule has 0 aromatic rings. The Labute approximate surface area is 44.3 Å². The van der Waals surface area contributed by atoms with Crippen LogP contribution >= 0.6 is 0 Å². The average molecular weight is 98.1 g/mol. The number of rotatable bonds is 2. The van der Waals surface area contributed by atoms with Crippen LogP contribution in [0.3, 0.4) is 0 Å². The second kappa shape index (κ2) is 3.47. The van der Waals surface area contributed by atoms with Crippen molar-refractivity contribution in [3.05, 3.63) is 24.5 Å². The van der Waals surface area contributed by atoms with Gasteiger partial charge in [-0.1, -0.05) is 6.58 Å². The van der Waals surface area contributed by atoms with E-state index < -0.39 is 0 Å². The van der Waals surface area contributed by atoms with Crippen molar-refractivity contribution in [1.29, 1.82) is 0 Å². The molecule has 0 radical (unpaired) electrons. The van der Waals surface area contributed by atoms with E-state index in [4.69, 9.17) is 4.74 Å². The van der Waals surface area contributed by atoms with E-state index in [0.29, 0.717) is 0 Å². The zero-order valence-corrected chi connectivity index (χ0v) is 4.77. The number of allylic oxidation sites excluding steroid dienone is 2. The molecule has 0 N–H and O–H groups in total. The molecule has 7 heavy (non-hydrogen) atoms. The van der Waals surface area contributed by atoms with Gasteiger partial charge in [-0.25, -0.2) is 0 Å². The predicted octanol–water partition coefficient (Wildman–Crippen LogP) is 1.72. The van der Waals surface area contributed by atoms with Crippen LogP contribution in [0.4, 0.5) is 0 Å². The van der Waals surface area contributed by atoms with E-state index in [1.54, 1.807) is 13.2 Å². The maximum absolute atomic E-state index is 4.79. The van der Waals surface area contributed by atoms with Gasteiger partial charge in [0.25, 0.3) is 0 Å². The lowest BCUT2D eigenvalue weighted by Gasteiger charge is -1.93. The largest absolute Gasteiger partial charge is 0.497 e. The van der Waals surface area contributed by atoms with Gasteiger partial charge in [0, 0.05) is 0 Å². The molecule has 0 heterocycles. The normalized spacial score (nSPS) is 10.9. The third-order valence-corrected chi connectivity index (χ3v) is 0.721. The molecule has 0 saturated heterocycles. The third kappa shape index (κ3) is 2.04. The van der Waals surface area contributed by atoms with E-state index in [2.05, 4.69) is 6.58 Å². The Bertz CT molecular complexity index is 82.2. The molecular formula is C6H10O. The monoisotopic (exact) mass is 98.1 g/mol. The Morgan fingerprint density at radius 1 is 1.71 bits per heavy atom. The molecule has 0 aliphatic rings. The zero-order chi connectivity index (χ0) is 5.70. The van der Waals surface area contributed by atoms with Crippen molar-refractivity contribution in [1.82, 2.24) is 0 Å². The van der Waals surface area contributed by atoms with Crippen LogP contribution in [0.15, 0.2) is 24.5 Å². The minimum atomic E-state index is 0.819. The van der Waals surface area contributed by atoms with Crippen molar-refractivity contribution in [2.45, 2.75) is 6.92 Å². The summed E-state index contributed by atoms with van der Waals surface area (Å²) >= 11 is 0. The summed E-state index contributed by atoms with van der Waals surface area (Å²) in [6, 6.07) is 0. The van der Waals surface area contributed by atoms with Crippen molar-refractivity contribution in [3.63, 3.8) is 0 Å². The summed E-state index contributed by atoms with van der Waals surface area (Å²) in [4.78, 5) is 0. The molecule has 0 bridgehead atoms. The Hall–Kier alpha value is -0.720. The van der Waals surface area contributed by atoms with Gasteiger partial charge in [-0.15, -0.1) is 0 Å². The first-order valence-corrected chi connectivity index (χ1v) is 2.18. The first-order chi connectivity index (χ1) is 3.35. The van der Waals surface area contributed by atoms with Gasteiger partial charge >= 0.3 is 0 Å². The lowest BCUT2D eigenvalue weighted by molar-refractivity contribution is 0.306. The van der Waals surface area contributed by atoms with Crippen LogP contribution < -0.4 is 0 Å². The van der Waals surface area contributed by atoms with Crippen molar-refractivity contribution in [2.24, 2.45) is 0 Å². The highest BCUT2D eigenvalue weighted by atomic mass is 16.5. The smallest absolute Gasteiger partial charge is 0.114 e. The van der Waals surface area contributed by atoms with Crippen molar-refractivity contribution >= 4 is 0 Å². The standard InChI is InChI=1S/C6H10O/c1-4-6(5-2)7-3/h4-5H,1H2,2-3H3. The summed E-state index contributed by atoms with van der Waals surface area (Å²) < 4.78 is 4.79. The summed E-state index contributed by atoms with van der Waals surface area (Å²) in [6.07, 6.45) is 3.52. The number of methoxy groups -OCH3 is 1. The van der Waals surface area contributed by atoms with Crippen LogP contribution in [-0.2, 0) is 4.74 Å². The fourth-order valence-corrected chi connectivity index (χ4v) is 0.319. The second-order valence-electron chi connectivity index (χ2n) is 1.10. The maximum atomic E-state index is 4.79. The van der Waals surface area contributed by atoms with E-state index >= 15 is 0 Å². The van der Waals surface area contributed by atoms with E-state index in [1.807, 2.05) is 13.0 Å². The predicted molar refractivity (Wildman–Crippen MR) is 31.0 cm³/mol. The van der Waals surface area contributed by atoms with E-state index in [1.165, 1.54) is 0 Å². The molecule has 0 aliphatic carbocycles. The maximum Gasteiger partial charge on any atom is 0.114 e. The SMILES string of the molecule is C=CC(=CC)OC. The second-order valence-corrected chi connectivity index (χ2v) is 1.10. The van der Waals surface area contributed by atoms with Gasteiger partial charge in [-0.3, -0.25) is 0 Å². The summed E-state index contributed by atoms with van der Waals surface area (Å²) in [5.41, 5.74) is 0. The van der Waals surface area contributed by atoms with Crippen molar-refractivity contribution < 1.29 is 4.74 Å². The Kier molecular flexibility index (Phi) is 3.11. The van der Waals surface area contributed by atoms with Crippen LogP contribution in [0.5, 0.6) is 0 Å². The molecular weight excluding hydrogens is 88.1 g/mol. The van der Waals surface area contributed by atoms with E-state index in [0.717, 1.165) is 5.76 Å². The van der Waals surface area contributed by atoms with Gasteiger partial charge in [-0.05, 0) is 19.1 Å². The minimum absolute atomic E-state index is 0.819. The number of ether oxygens (including phenoxy) is 1. The van der Waals surface area contributed by atoms with Gasteiger partial charge < -0.3 is 4.74 Å². The molecule has 0 aromatic heterocycles. The summed E-state index contributed by atoms with van der Waals surface area (Å²) in [6.45, 7) is 5.41. The van der Waals surface area contributed by atoms with Crippen molar-refractivity contribution in [3.8, 4) is 0 Å². The lowest BCUT2D eigenvalue weighted by Crippen LogP contribution is -1.76. The quantitative estimate of drug-likeness (QED) is 0.377. The lowest BCUT2D eigenvalue weighted by atomic mass is 10.5. The van der Waals surface area contributed by atoms with E-state index in [-0.39, 0.29) is 0 Å². The number of hydrogen-bond acceptors (Lipinski definition) is 1. The van der Waals surface area contributed by atoms with Gasteiger partial charge in [0.15, 0.2) is 0 Å². The molecule has 1 heteroatoms. The number of hydrogen-bond donors (Lipinski definition) is 0. The Balaban J connectivity index is 3.60. The molecule has 0 aliphatic heterocycles. The topological polar surface area (TPSA) is 9.23 Å². The Morgan fingerprint density at radius 2 is 2.29 bits per heavy atom. The first kappa shape index (κ1) is 6.28. The molecule has 0 rings (SSSR count). The zero-order valence-electron chi connectivity index (χ0n) is 4.77. The van der Waals surface area contributed by atoms with Crippen LogP contribution in [-0.4, -0.2) is 7.11 Å². The van der Waals surface area contributed by atoms with Crippen LogP contribution in [0.25, 0.3) is 0 Å². The molecule has 0 unspecified atom stereocenters. The fraction of sp³-hybridized carbons (Fsp3) is 0.333. The van der Waals surface area contributed by atoms with E-state index in [9.17, 15) is 0 Å². The third-order valence-electron chi connectivity index (χ3n) is 0.721. The molecule has 40 valence electrons. The molecule has 0 spiro atoms. The molecule has 0 fully saturated rings. The minimum Gasteiger partial charge on any atom is -0.497 e. The van der Waals surface area contributed by atoms with Crippen LogP contribution in [0.1, 0.15) is 6.92 Å². The molecule has 1 nitrogen and oxygen atoms in total. The van der Waals surface area contributed by atoms with Gasteiger partial charge in [0.2, 0.25) is 0 Å². The fourth-order valence-electron chi connectivity index (χ4n) is 0.319. The highest BCUT2D eigenvalue weighted by molar-refractivity contribution is 5.06. The van der Waals surface area contributed by atoms with Gasteiger partial charge in [0.1, 0.15) is 5.76 Å². The van der Waals surface area contributed by atoms with Gasteiger partial charge in [0.05, 0.1) is 7.11 Å². The van der Waals surface area contributed by atoms with Gasteiger partial charge in [-0.2, -0.15) is 0 Å². The summed E-state index contributed by atoms with van der Waals surface area (Å²) in [5.74, 6) is 0.819. The molecule has 0 saturated carbocycles. The van der Waals surface area contributed by atoms with Crippen LogP contribution in [0, 0.1) is 0 Å². The summed E-state index contributed by atoms with van der Waals surface area (Å²) in [7, 11) is 1.62. The van der Waals surface area contributed by atoms with Crippen LogP contribution in [0.2, 0.25) is 0 Å². The van der Waals surface area contributed by atoms with Crippen molar-refractivity contribution in [2.75, 3.05) is 7.11 Å². The average Bonchev–Trinajstić information content (AvgIpc) is 1.72. The Morgan fingerprint density at radius 3 is 2.29 bits per heavy atom. The molecule has 0 amide bonds. The molecule has 0 atom stereocenters.